The summed E-state index contributed by atoms with van der Waals surface area (Å²) in [5, 5.41) is 12.9. The summed E-state index contributed by atoms with van der Waals surface area (Å²) in [7, 11) is 0. The first kappa shape index (κ1) is 17.0. The van der Waals surface area contributed by atoms with E-state index in [4.69, 9.17) is 4.42 Å². The second-order valence-corrected chi connectivity index (χ2v) is 6.57. The Kier molecular flexibility index (Phi) is 5.30. The van der Waals surface area contributed by atoms with Crippen molar-refractivity contribution in [2.75, 3.05) is 5.32 Å². The Morgan fingerprint density at radius 3 is 3.04 bits per heavy atom. The van der Waals surface area contributed by atoms with Crippen molar-refractivity contribution in [3.05, 3.63) is 54.0 Å². The van der Waals surface area contributed by atoms with E-state index >= 15 is 0 Å². The lowest BCUT2D eigenvalue weighted by Crippen LogP contribution is -2.41. The molecule has 2 heterocycles. The van der Waals surface area contributed by atoms with Gasteiger partial charge in [-0.1, -0.05) is 23.9 Å². The quantitative estimate of drug-likeness (QED) is 0.650. The molecule has 1 atom stereocenters. The zero-order valence-corrected chi connectivity index (χ0v) is 14.2. The van der Waals surface area contributed by atoms with Crippen LogP contribution < -0.4 is 10.6 Å². The number of anilines is 1. The second-order valence-electron chi connectivity index (χ2n) is 5.38. The van der Waals surface area contributed by atoms with Crippen LogP contribution in [-0.4, -0.2) is 28.4 Å². The van der Waals surface area contributed by atoms with Gasteiger partial charge < -0.3 is 15.1 Å². The summed E-state index contributed by atoms with van der Waals surface area (Å²) < 4.78 is 5.10. The molecule has 1 fully saturated rings. The van der Waals surface area contributed by atoms with Crippen molar-refractivity contribution in [1.29, 1.82) is 0 Å². The molecule has 1 saturated heterocycles. The third kappa shape index (κ3) is 4.80. The molecule has 0 bridgehead atoms. The van der Waals surface area contributed by atoms with Crippen LogP contribution in [0.15, 0.2) is 57.3 Å². The average molecular weight is 356 g/mol. The van der Waals surface area contributed by atoms with E-state index in [0.717, 1.165) is 5.56 Å². The maximum Gasteiger partial charge on any atom is 0.238 e. The summed E-state index contributed by atoms with van der Waals surface area (Å²) in [6.07, 6.45) is 3.04. The third-order valence-corrected chi connectivity index (χ3v) is 4.40. The van der Waals surface area contributed by atoms with Crippen LogP contribution >= 0.6 is 11.8 Å². The standard InChI is InChI=1S/C17H16N4O3S/c1-11-4-2-5-12(8-11)19-16(23)14-9-15(22)20-17(25-14)21-18-10-13-6-3-7-24-13/h2-8,10,14H,9H2,1H3,(H,19,23)(H,20,21,22). The number of amidine groups is 1. The Hall–Kier alpha value is -2.87. The zero-order valence-electron chi connectivity index (χ0n) is 13.4. The highest BCUT2D eigenvalue weighted by Crippen LogP contribution is 2.22. The highest BCUT2D eigenvalue weighted by molar-refractivity contribution is 8.15. The van der Waals surface area contributed by atoms with Gasteiger partial charge in [-0.05, 0) is 36.8 Å². The number of hydrogen-bond acceptors (Lipinski definition) is 6. The summed E-state index contributed by atoms with van der Waals surface area (Å²) >= 11 is 1.17. The normalized spacial score (nSPS) is 19.2. The Labute approximate surface area is 148 Å². The number of carbonyl (C=O) groups is 2. The lowest BCUT2D eigenvalue weighted by molar-refractivity contribution is -0.123. The van der Waals surface area contributed by atoms with E-state index in [0.29, 0.717) is 11.4 Å². The van der Waals surface area contributed by atoms with Gasteiger partial charge in [-0.15, -0.1) is 5.10 Å². The van der Waals surface area contributed by atoms with Crippen LogP contribution in [0, 0.1) is 6.92 Å². The predicted molar refractivity (Wildman–Crippen MR) is 97.7 cm³/mol. The van der Waals surface area contributed by atoms with Crippen LogP contribution in [0.5, 0.6) is 0 Å². The number of carbonyl (C=O) groups excluding carboxylic acids is 2. The molecule has 1 aromatic carbocycles. The first-order valence-corrected chi connectivity index (χ1v) is 8.47. The number of aryl methyl sites for hydroxylation is 1. The van der Waals surface area contributed by atoms with Crippen molar-refractivity contribution < 1.29 is 14.0 Å². The second kappa shape index (κ2) is 7.80. The van der Waals surface area contributed by atoms with Gasteiger partial charge in [-0.25, -0.2) is 0 Å². The molecule has 25 heavy (non-hydrogen) atoms. The molecule has 3 rings (SSSR count). The van der Waals surface area contributed by atoms with Crippen LogP contribution in [0.3, 0.4) is 0 Å². The summed E-state index contributed by atoms with van der Waals surface area (Å²) in [6, 6.07) is 10.9. The number of furan rings is 1. The van der Waals surface area contributed by atoms with E-state index in [1.807, 2.05) is 25.1 Å². The fourth-order valence-electron chi connectivity index (χ4n) is 2.19. The number of nitrogens with zero attached hydrogens (tertiary/aromatic N) is 2. The van der Waals surface area contributed by atoms with Gasteiger partial charge in [0.2, 0.25) is 11.8 Å². The van der Waals surface area contributed by atoms with E-state index in [1.54, 1.807) is 18.2 Å². The SMILES string of the molecule is Cc1cccc(NC(=O)C2CC(=O)NC(=NN=Cc3ccco3)S2)c1. The minimum atomic E-state index is -0.563. The maximum atomic E-state index is 12.4. The molecule has 0 aliphatic carbocycles. The summed E-state index contributed by atoms with van der Waals surface area (Å²) in [5.74, 6) is 0.0356. The van der Waals surface area contributed by atoms with Gasteiger partial charge >= 0.3 is 0 Å². The highest BCUT2D eigenvalue weighted by atomic mass is 32.2. The third-order valence-electron chi connectivity index (χ3n) is 3.33. The Balaban J connectivity index is 1.65. The van der Waals surface area contributed by atoms with Gasteiger partial charge in [0.25, 0.3) is 0 Å². The van der Waals surface area contributed by atoms with Crippen LogP contribution in [0.2, 0.25) is 0 Å². The van der Waals surface area contributed by atoms with Crippen molar-refractivity contribution in [2.24, 2.45) is 10.2 Å². The van der Waals surface area contributed by atoms with Crippen LogP contribution in [-0.2, 0) is 9.59 Å². The average Bonchev–Trinajstić information content (AvgIpc) is 3.08. The predicted octanol–water partition coefficient (Wildman–Crippen LogP) is 2.54. The smallest absolute Gasteiger partial charge is 0.238 e. The van der Waals surface area contributed by atoms with Gasteiger partial charge in [-0.2, -0.15) is 5.10 Å². The molecule has 0 spiro atoms. The number of hydrogen-bond donors (Lipinski definition) is 2. The summed E-state index contributed by atoms with van der Waals surface area (Å²) in [6.45, 7) is 1.94. The first-order chi connectivity index (χ1) is 12.1. The summed E-state index contributed by atoms with van der Waals surface area (Å²) in [4.78, 5) is 24.2. The van der Waals surface area contributed by atoms with Crippen LogP contribution in [0.25, 0.3) is 0 Å². The van der Waals surface area contributed by atoms with E-state index in [1.165, 1.54) is 24.2 Å². The minimum Gasteiger partial charge on any atom is -0.463 e. The fourth-order valence-corrected chi connectivity index (χ4v) is 3.13. The molecule has 128 valence electrons. The van der Waals surface area contributed by atoms with Gasteiger partial charge in [0.05, 0.1) is 12.5 Å². The van der Waals surface area contributed by atoms with Crippen molar-refractivity contribution in [3.63, 3.8) is 0 Å². The molecule has 8 heteroatoms. The molecule has 0 radical (unpaired) electrons. The molecule has 7 nitrogen and oxygen atoms in total. The van der Waals surface area contributed by atoms with E-state index < -0.39 is 5.25 Å². The minimum absolute atomic E-state index is 0.0865. The van der Waals surface area contributed by atoms with Crippen LogP contribution in [0.4, 0.5) is 5.69 Å². The Morgan fingerprint density at radius 2 is 2.28 bits per heavy atom. The van der Waals surface area contributed by atoms with E-state index in [9.17, 15) is 9.59 Å². The van der Waals surface area contributed by atoms with E-state index in [2.05, 4.69) is 20.8 Å². The molecule has 1 aromatic heterocycles. The molecule has 0 saturated carbocycles. The van der Waals surface area contributed by atoms with Gasteiger partial charge in [0.1, 0.15) is 11.0 Å². The fraction of sp³-hybridized carbons (Fsp3) is 0.176. The molecule has 1 unspecified atom stereocenters. The zero-order chi connectivity index (χ0) is 17.6. The molecular formula is C17H16N4O3S. The molecule has 2 amide bonds. The summed E-state index contributed by atoms with van der Waals surface area (Å²) in [5.41, 5.74) is 1.74. The number of nitrogens with one attached hydrogen (secondary N) is 2. The molecule has 1 aliphatic rings. The van der Waals surface area contributed by atoms with Crippen molar-refractivity contribution in [3.8, 4) is 0 Å². The van der Waals surface area contributed by atoms with Crippen molar-refractivity contribution in [1.82, 2.24) is 5.32 Å². The van der Waals surface area contributed by atoms with Crippen LogP contribution in [0.1, 0.15) is 17.7 Å². The highest BCUT2D eigenvalue weighted by Gasteiger charge is 2.30. The maximum absolute atomic E-state index is 12.4. The van der Waals surface area contributed by atoms with Crippen molar-refractivity contribution >= 4 is 40.6 Å². The molecule has 2 N–H and O–H groups in total. The largest absolute Gasteiger partial charge is 0.463 e. The molecule has 1 aliphatic heterocycles. The first-order valence-electron chi connectivity index (χ1n) is 7.59. The van der Waals surface area contributed by atoms with Gasteiger partial charge in [-0.3, -0.25) is 9.59 Å². The topological polar surface area (TPSA) is 96.1 Å². The Bertz CT molecular complexity index is 830. The number of benzene rings is 1. The molecular weight excluding hydrogens is 340 g/mol. The lowest BCUT2D eigenvalue weighted by Gasteiger charge is -2.21. The number of rotatable bonds is 4. The monoisotopic (exact) mass is 356 g/mol. The van der Waals surface area contributed by atoms with Crippen molar-refractivity contribution in [2.45, 2.75) is 18.6 Å². The van der Waals surface area contributed by atoms with Gasteiger partial charge in [0.15, 0.2) is 5.17 Å². The number of amides is 2. The molecule has 2 aromatic rings. The van der Waals surface area contributed by atoms with E-state index in [-0.39, 0.29) is 23.4 Å². The Morgan fingerprint density at radius 1 is 1.40 bits per heavy atom. The number of thioether (sulfide) groups is 1. The lowest BCUT2D eigenvalue weighted by atomic mass is 10.2. The van der Waals surface area contributed by atoms with Gasteiger partial charge in [0, 0.05) is 12.1 Å².